The first-order valence-electron chi connectivity index (χ1n) is 14.5. The van der Waals surface area contributed by atoms with Crippen molar-refractivity contribution in [3.8, 4) is 45.0 Å². The number of nitrogens with zero attached hydrogens (tertiary/aromatic N) is 5. The maximum atomic E-state index is 9.47. The molecule has 6 heteroatoms. The predicted molar refractivity (Wildman–Crippen MR) is 186 cm³/mol. The lowest BCUT2D eigenvalue weighted by molar-refractivity contribution is 1.28. The number of benzene rings is 6. The van der Waals surface area contributed by atoms with Gasteiger partial charge in [0.15, 0.2) is 5.69 Å². The van der Waals surface area contributed by atoms with Gasteiger partial charge in [-0.2, -0.15) is 10.5 Å². The van der Waals surface area contributed by atoms with Crippen LogP contribution >= 0.6 is 11.3 Å². The standard InChI is InChI=1S/C40H23N5S/c1-43-34-23-28(26-42)22-33(24-34)31-12-18-36(19-13-31)45(35-16-10-30(11-17-35)29-8-6-27(25-41)7-9-29)37-20-14-32(15-21-37)40-44-38-4-2-3-5-39(38)46-40/h2-24H. The van der Waals surface area contributed by atoms with Gasteiger partial charge in [-0.15, -0.1) is 11.3 Å². The number of rotatable bonds is 6. The number of anilines is 3. The summed E-state index contributed by atoms with van der Waals surface area (Å²) in [5, 5.41) is 19.6. The molecule has 214 valence electrons. The van der Waals surface area contributed by atoms with Gasteiger partial charge in [-0.25, -0.2) is 9.83 Å². The summed E-state index contributed by atoms with van der Waals surface area (Å²) in [5.74, 6) is 0. The molecule has 0 bridgehead atoms. The van der Waals surface area contributed by atoms with E-state index in [0.29, 0.717) is 16.8 Å². The molecule has 0 saturated heterocycles. The van der Waals surface area contributed by atoms with Crippen LogP contribution in [0.3, 0.4) is 0 Å². The Labute approximate surface area is 271 Å². The highest BCUT2D eigenvalue weighted by molar-refractivity contribution is 7.21. The third kappa shape index (κ3) is 5.59. The quantitative estimate of drug-likeness (QED) is 0.177. The minimum Gasteiger partial charge on any atom is -0.311 e. The second-order valence-corrected chi connectivity index (χ2v) is 11.7. The molecule has 5 nitrogen and oxygen atoms in total. The number of fused-ring (bicyclic) bond motifs is 1. The van der Waals surface area contributed by atoms with Crippen LogP contribution in [0.25, 0.3) is 47.9 Å². The molecule has 0 amide bonds. The molecule has 46 heavy (non-hydrogen) atoms. The fourth-order valence-corrected chi connectivity index (χ4v) is 6.42. The lowest BCUT2D eigenvalue weighted by Gasteiger charge is -2.26. The van der Waals surface area contributed by atoms with Gasteiger partial charge in [-0.3, -0.25) is 0 Å². The molecule has 1 heterocycles. The maximum Gasteiger partial charge on any atom is 0.189 e. The van der Waals surface area contributed by atoms with E-state index in [2.05, 4.69) is 88.6 Å². The molecule has 1 aromatic heterocycles. The molecule has 0 saturated carbocycles. The van der Waals surface area contributed by atoms with E-state index in [0.717, 1.165) is 60.1 Å². The molecule has 0 fully saturated rings. The SMILES string of the molecule is [C-]#[N+]c1cc(C#N)cc(-c2ccc(N(c3ccc(-c4ccc(C#N)cc4)cc3)c3ccc(-c4nc5ccccc5s4)cc3)cc2)c1. The van der Waals surface area contributed by atoms with Gasteiger partial charge in [0, 0.05) is 28.2 Å². The van der Waals surface area contributed by atoms with E-state index >= 15 is 0 Å². The van der Waals surface area contributed by atoms with Crippen LogP contribution in [0.15, 0.2) is 140 Å². The molecule has 6 aromatic carbocycles. The van der Waals surface area contributed by atoms with Crippen molar-refractivity contribution in [1.82, 2.24) is 4.98 Å². The van der Waals surface area contributed by atoms with Gasteiger partial charge in [0.25, 0.3) is 0 Å². The zero-order valence-corrected chi connectivity index (χ0v) is 25.2. The van der Waals surface area contributed by atoms with Crippen LogP contribution in [0.1, 0.15) is 11.1 Å². The van der Waals surface area contributed by atoms with Crippen molar-refractivity contribution in [2.45, 2.75) is 0 Å². The van der Waals surface area contributed by atoms with E-state index in [-0.39, 0.29) is 0 Å². The Hall–Kier alpha value is -6.52. The third-order valence-corrected chi connectivity index (χ3v) is 8.86. The summed E-state index contributed by atoms with van der Waals surface area (Å²) in [6.45, 7) is 7.43. The van der Waals surface area contributed by atoms with E-state index in [1.54, 1.807) is 17.4 Å². The second-order valence-electron chi connectivity index (χ2n) is 10.6. The predicted octanol–water partition coefficient (Wildman–Crippen LogP) is 11.1. The smallest absolute Gasteiger partial charge is 0.189 e. The van der Waals surface area contributed by atoms with E-state index in [1.807, 2.05) is 66.7 Å². The molecule has 0 radical (unpaired) electrons. The Morgan fingerprint density at radius 2 is 1.09 bits per heavy atom. The second kappa shape index (κ2) is 12.2. The molecular formula is C40H23N5S. The average Bonchev–Trinajstić information content (AvgIpc) is 3.57. The molecule has 0 aliphatic carbocycles. The van der Waals surface area contributed by atoms with Gasteiger partial charge in [0.05, 0.1) is 34.5 Å². The van der Waals surface area contributed by atoms with E-state index < -0.39 is 0 Å². The highest BCUT2D eigenvalue weighted by Gasteiger charge is 2.15. The Kier molecular flexibility index (Phi) is 7.51. The molecule has 0 spiro atoms. The van der Waals surface area contributed by atoms with Crippen LogP contribution in [-0.2, 0) is 0 Å². The first-order valence-corrected chi connectivity index (χ1v) is 15.3. The van der Waals surface area contributed by atoms with Gasteiger partial charge in [-0.1, -0.05) is 48.5 Å². The van der Waals surface area contributed by atoms with E-state index in [4.69, 9.17) is 11.6 Å². The number of para-hydroxylation sites is 1. The molecular weight excluding hydrogens is 583 g/mol. The number of hydrogen-bond acceptors (Lipinski definition) is 5. The fraction of sp³-hybridized carbons (Fsp3) is 0. The monoisotopic (exact) mass is 605 g/mol. The van der Waals surface area contributed by atoms with Crippen molar-refractivity contribution in [1.29, 1.82) is 10.5 Å². The minimum absolute atomic E-state index is 0.440. The lowest BCUT2D eigenvalue weighted by atomic mass is 10.0. The minimum atomic E-state index is 0.440. The zero-order chi connectivity index (χ0) is 31.5. The lowest BCUT2D eigenvalue weighted by Crippen LogP contribution is -2.09. The van der Waals surface area contributed by atoms with Gasteiger partial charge in [-0.05, 0) is 113 Å². The summed E-state index contributed by atoms with van der Waals surface area (Å²) in [6.07, 6.45) is 0. The molecule has 7 rings (SSSR count). The number of aromatic nitrogens is 1. The van der Waals surface area contributed by atoms with Crippen molar-refractivity contribution < 1.29 is 0 Å². The molecule has 7 aromatic rings. The highest BCUT2D eigenvalue weighted by Crippen LogP contribution is 2.39. The molecule has 0 atom stereocenters. The van der Waals surface area contributed by atoms with Crippen molar-refractivity contribution in [3.63, 3.8) is 0 Å². The number of thiazole rings is 1. The van der Waals surface area contributed by atoms with Crippen LogP contribution < -0.4 is 4.90 Å². The Balaban J connectivity index is 1.26. The number of hydrogen-bond donors (Lipinski definition) is 0. The molecule has 0 N–H and O–H groups in total. The summed E-state index contributed by atoms with van der Waals surface area (Å²) in [7, 11) is 0. The largest absolute Gasteiger partial charge is 0.311 e. The van der Waals surface area contributed by atoms with Crippen LogP contribution in [0.2, 0.25) is 0 Å². The first-order chi connectivity index (χ1) is 22.6. The van der Waals surface area contributed by atoms with Gasteiger partial charge >= 0.3 is 0 Å². The summed E-state index contributed by atoms with van der Waals surface area (Å²) < 4.78 is 1.16. The summed E-state index contributed by atoms with van der Waals surface area (Å²) >= 11 is 1.68. The normalized spacial score (nSPS) is 10.5. The topological polar surface area (TPSA) is 68.1 Å². The summed E-state index contributed by atoms with van der Waals surface area (Å²) in [6, 6.07) is 50.3. The number of nitriles is 2. The van der Waals surface area contributed by atoms with Crippen molar-refractivity contribution >= 4 is 44.3 Å². The van der Waals surface area contributed by atoms with Gasteiger partial charge < -0.3 is 4.90 Å². The van der Waals surface area contributed by atoms with Crippen LogP contribution in [-0.4, -0.2) is 4.98 Å². The average molecular weight is 606 g/mol. The van der Waals surface area contributed by atoms with Crippen LogP contribution in [0, 0.1) is 29.2 Å². The molecule has 0 aliphatic rings. The van der Waals surface area contributed by atoms with E-state index in [1.165, 1.54) is 0 Å². The van der Waals surface area contributed by atoms with Gasteiger partial charge in [0.1, 0.15) is 5.01 Å². The highest BCUT2D eigenvalue weighted by atomic mass is 32.1. The van der Waals surface area contributed by atoms with Crippen molar-refractivity contribution in [3.05, 3.63) is 162 Å². The van der Waals surface area contributed by atoms with Crippen molar-refractivity contribution in [2.75, 3.05) is 4.90 Å². The Morgan fingerprint density at radius 3 is 1.63 bits per heavy atom. The Bertz CT molecular complexity index is 2250. The maximum absolute atomic E-state index is 9.47. The van der Waals surface area contributed by atoms with Crippen LogP contribution in [0.5, 0.6) is 0 Å². The van der Waals surface area contributed by atoms with E-state index in [9.17, 15) is 10.5 Å². The summed E-state index contributed by atoms with van der Waals surface area (Å²) in [4.78, 5) is 10.6. The third-order valence-electron chi connectivity index (χ3n) is 7.77. The van der Waals surface area contributed by atoms with Crippen molar-refractivity contribution in [2.24, 2.45) is 0 Å². The van der Waals surface area contributed by atoms with Gasteiger partial charge in [0.2, 0.25) is 0 Å². The molecule has 0 aliphatic heterocycles. The summed E-state index contributed by atoms with van der Waals surface area (Å²) in [5.41, 5.74) is 10.4. The molecule has 0 unspecified atom stereocenters. The first kappa shape index (κ1) is 28.3. The zero-order valence-electron chi connectivity index (χ0n) is 24.4. The van der Waals surface area contributed by atoms with Crippen LogP contribution in [0.4, 0.5) is 22.7 Å². The Morgan fingerprint density at radius 1 is 0.565 bits per heavy atom. The fourth-order valence-electron chi connectivity index (χ4n) is 5.45.